The first-order valence-corrected chi connectivity index (χ1v) is 7.97. The minimum Gasteiger partial charge on any atom is -0.380 e. The highest BCUT2D eigenvalue weighted by Gasteiger charge is 2.13. The molecule has 0 atom stereocenters. The monoisotopic (exact) mass is 462 g/mol. The number of nitrogens with one attached hydrogen (secondary N) is 1. The molecule has 0 bridgehead atoms. The van der Waals surface area contributed by atoms with Gasteiger partial charge in [0.15, 0.2) is 0 Å². The lowest BCUT2D eigenvalue weighted by Gasteiger charge is -2.09. The number of rotatable bonds is 4. The third-order valence-corrected chi connectivity index (χ3v) is 4.28. The standard InChI is InChI=1S/C13H9Br3N2O2/c14-9-2-4-13(18(19)20)8(5-9)7-17-12-3-1-10(15)6-11(12)16/h1-6,17H,7H2. The molecule has 2 aromatic rings. The van der Waals surface area contributed by atoms with Gasteiger partial charge in [-0.05, 0) is 46.3 Å². The van der Waals surface area contributed by atoms with Gasteiger partial charge in [0.1, 0.15) is 0 Å². The summed E-state index contributed by atoms with van der Waals surface area (Å²) in [5.74, 6) is 0. The van der Waals surface area contributed by atoms with E-state index in [9.17, 15) is 10.1 Å². The zero-order valence-corrected chi connectivity index (χ0v) is 14.8. The molecule has 20 heavy (non-hydrogen) atoms. The van der Waals surface area contributed by atoms with Gasteiger partial charge >= 0.3 is 0 Å². The Morgan fingerprint density at radius 3 is 2.35 bits per heavy atom. The molecule has 0 amide bonds. The second-order valence-electron chi connectivity index (χ2n) is 4.01. The Hall–Kier alpha value is -0.920. The SMILES string of the molecule is O=[N+]([O-])c1ccc(Br)cc1CNc1ccc(Br)cc1Br. The van der Waals surface area contributed by atoms with Crippen molar-refractivity contribution in [2.24, 2.45) is 0 Å². The second-order valence-corrected chi connectivity index (χ2v) is 6.69. The van der Waals surface area contributed by atoms with Gasteiger partial charge in [0, 0.05) is 37.3 Å². The molecule has 0 aliphatic heterocycles. The first-order chi connectivity index (χ1) is 9.47. The summed E-state index contributed by atoms with van der Waals surface area (Å²) >= 11 is 10.2. The van der Waals surface area contributed by atoms with E-state index >= 15 is 0 Å². The molecule has 0 heterocycles. The van der Waals surface area contributed by atoms with Crippen LogP contribution in [0.2, 0.25) is 0 Å². The predicted molar refractivity (Wildman–Crippen MR) is 90.0 cm³/mol. The largest absolute Gasteiger partial charge is 0.380 e. The summed E-state index contributed by atoms with van der Waals surface area (Å²) in [7, 11) is 0. The molecule has 0 spiro atoms. The van der Waals surface area contributed by atoms with E-state index in [-0.39, 0.29) is 10.6 Å². The third-order valence-electron chi connectivity index (χ3n) is 2.64. The Balaban J connectivity index is 2.22. The number of nitro benzene ring substituents is 1. The van der Waals surface area contributed by atoms with Crippen LogP contribution < -0.4 is 5.32 Å². The van der Waals surface area contributed by atoms with E-state index in [0.29, 0.717) is 12.1 Å². The molecule has 0 saturated heterocycles. The van der Waals surface area contributed by atoms with Crippen LogP contribution in [0.25, 0.3) is 0 Å². The van der Waals surface area contributed by atoms with E-state index < -0.39 is 0 Å². The Kier molecular flexibility index (Phi) is 5.17. The Morgan fingerprint density at radius 2 is 1.70 bits per heavy atom. The maximum absolute atomic E-state index is 11.0. The Morgan fingerprint density at radius 1 is 1.05 bits per heavy atom. The van der Waals surface area contributed by atoms with Gasteiger partial charge in [-0.25, -0.2) is 0 Å². The number of hydrogen-bond acceptors (Lipinski definition) is 3. The maximum atomic E-state index is 11.0. The third kappa shape index (κ3) is 3.80. The predicted octanol–water partition coefficient (Wildman–Crippen LogP) is 5.49. The Bertz CT molecular complexity index is 662. The lowest BCUT2D eigenvalue weighted by molar-refractivity contribution is -0.385. The average Bonchev–Trinajstić information content (AvgIpc) is 2.37. The van der Waals surface area contributed by atoms with Crippen molar-refractivity contribution in [3.05, 3.63) is 65.5 Å². The number of anilines is 1. The van der Waals surface area contributed by atoms with Gasteiger partial charge in [0.05, 0.1) is 4.92 Å². The van der Waals surface area contributed by atoms with Gasteiger partial charge in [-0.2, -0.15) is 0 Å². The van der Waals surface area contributed by atoms with E-state index in [1.807, 2.05) is 18.2 Å². The van der Waals surface area contributed by atoms with Crippen LogP contribution in [-0.4, -0.2) is 4.92 Å². The first-order valence-electron chi connectivity index (χ1n) is 5.59. The molecular formula is C13H9Br3N2O2. The highest BCUT2D eigenvalue weighted by Crippen LogP contribution is 2.28. The maximum Gasteiger partial charge on any atom is 0.274 e. The summed E-state index contributed by atoms with van der Waals surface area (Å²) in [5.41, 5.74) is 1.61. The van der Waals surface area contributed by atoms with E-state index in [2.05, 4.69) is 53.1 Å². The number of halogens is 3. The van der Waals surface area contributed by atoms with E-state index in [4.69, 9.17) is 0 Å². The quantitative estimate of drug-likeness (QED) is 0.480. The average molecular weight is 465 g/mol. The lowest BCUT2D eigenvalue weighted by atomic mass is 10.2. The number of hydrogen-bond donors (Lipinski definition) is 1. The fraction of sp³-hybridized carbons (Fsp3) is 0.0769. The topological polar surface area (TPSA) is 55.2 Å². The lowest BCUT2D eigenvalue weighted by Crippen LogP contribution is -2.03. The van der Waals surface area contributed by atoms with Gasteiger partial charge in [0.25, 0.3) is 5.69 Å². The summed E-state index contributed by atoms with van der Waals surface area (Å²) in [5, 5.41) is 14.2. The van der Waals surface area contributed by atoms with E-state index in [1.165, 1.54) is 6.07 Å². The van der Waals surface area contributed by atoms with Crippen LogP contribution in [-0.2, 0) is 6.54 Å². The molecule has 2 rings (SSSR count). The number of nitro groups is 1. The minimum absolute atomic E-state index is 0.105. The molecule has 0 aromatic heterocycles. The van der Waals surface area contributed by atoms with Gasteiger partial charge in [-0.3, -0.25) is 10.1 Å². The van der Waals surface area contributed by atoms with Gasteiger partial charge in [-0.15, -0.1) is 0 Å². The summed E-state index contributed by atoms with van der Waals surface area (Å²) in [6.07, 6.45) is 0. The zero-order valence-electron chi connectivity index (χ0n) is 10.1. The summed E-state index contributed by atoms with van der Waals surface area (Å²) in [6.45, 7) is 0.371. The Labute approximate surface area is 141 Å². The van der Waals surface area contributed by atoms with Crippen molar-refractivity contribution in [2.45, 2.75) is 6.54 Å². The molecule has 0 aliphatic carbocycles. The van der Waals surface area contributed by atoms with Crippen molar-refractivity contribution in [3.8, 4) is 0 Å². The fourth-order valence-electron chi connectivity index (χ4n) is 1.70. The van der Waals surface area contributed by atoms with Crippen molar-refractivity contribution in [3.63, 3.8) is 0 Å². The summed E-state index contributed by atoms with van der Waals surface area (Å²) in [6, 6.07) is 10.6. The smallest absolute Gasteiger partial charge is 0.274 e. The minimum atomic E-state index is -0.375. The zero-order chi connectivity index (χ0) is 14.7. The molecule has 104 valence electrons. The normalized spacial score (nSPS) is 10.3. The highest BCUT2D eigenvalue weighted by atomic mass is 79.9. The van der Waals surface area contributed by atoms with Crippen LogP contribution in [0.4, 0.5) is 11.4 Å². The van der Waals surface area contributed by atoms with Gasteiger partial charge < -0.3 is 5.32 Å². The van der Waals surface area contributed by atoms with Crippen molar-refractivity contribution in [1.82, 2.24) is 0 Å². The molecule has 2 aromatic carbocycles. The molecule has 0 radical (unpaired) electrons. The first kappa shape index (κ1) is 15.5. The molecule has 7 heteroatoms. The number of benzene rings is 2. The molecule has 0 unspecified atom stereocenters. The van der Waals surface area contributed by atoms with Crippen LogP contribution in [0.1, 0.15) is 5.56 Å². The molecule has 0 saturated carbocycles. The molecule has 0 aliphatic rings. The molecule has 0 fully saturated rings. The van der Waals surface area contributed by atoms with Crippen LogP contribution in [0.15, 0.2) is 49.8 Å². The van der Waals surface area contributed by atoms with Crippen molar-refractivity contribution in [2.75, 3.05) is 5.32 Å². The van der Waals surface area contributed by atoms with Crippen molar-refractivity contribution < 1.29 is 4.92 Å². The summed E-state index contributed by atoms with van der Waals surface area (Å²) < 4.78 is 2.67. The van der Waals surface area contributed by atoms with Crippen LogP contribution >= 0.6 is 47.8 Å². The fourth-order valence-corrected chi connectivity index (χ4v) is 3.29. The van der Waals surface area contributed by atoms with Crippen LogP contribution in [0.3, 0.4) is 0 Å². The van der Waals surface area contributed by atoms with Gasteiger partial charge in [-0.1, -0.05) is 31.9 Å². The molecule has 1 N–H and O–H groups in total. The molecule has 4 nitrogen and oxygen atoms in total. The van der Waals surface area contributed by atoms with Crippen molar-refractivity contribution in [1.29, 1.82) is 0 Å². The van der Waals surface area contributed by atoms with E-state index in [0.717, 1.165) is 19.1 Å². The van der Waals surface area contributed by atoms with Crippen LogP contribution in [0, 0.1) is 10.1 Å². The van der Waals surface area contributed by atoms with E-state index in [1.54, 1.807) is 12.1 Å². The summed E-state index contributed by atoms with van der Waals surface area (Å²) in [4.78, 5) is 10.6. The van der Waals surface area contributed by atoms with Crippen LogP contribution in [0.5, 0.6) is 0 Å². The second kappa shape index (κ2) is 6.69. The van der Waals surface area contributed by atoms with Gasteiger partial charge in [0.2, 0.25) is 0 Å². The number of nitrogens with zero attached hydrogens (tertiary/aromatic N) is 1. The molecular weight excluding hydrogens is 456 g/mol. The highest BCUT2D eigenvalue weighted by molar-refractivity contribution is 9.11. The van der Waals surface area contributed by atoms with Crippen molar-refractivity contribution >= 4 is 59.2 Å².